The zero-order chi connectivity index (χ0) is 12.1. The molecule has 0 unspecified atom stereocenters. The topological polar surface area (TPSA) is 36.3 Å². The van der Waals surface area contributed by atoms with Crippen LogP contribution in [0.3, 0.4) is 0 Å². The summed E-state index contributed by atoms with van der Waals surface area (Å²) in [6.45, 7) is 3.32. The van der Waals surface area contributed by atoms with E-state index in [2.05, 4.69) is 5.10 Å². The number of aromatic nitrogens is 2. The highest BCUT2D eigenvalue weighted by atomic mass is 16.5. The fraction of sp³-hybridized carbons (Fsp3) is 0.308. The van der Waals surface area contributed by atoms with Crippen LogP contribution in [0.25, 0.3) is 0 Å². The van der Waals surface area contributed by atoms with Crippen molar-refractivity contribution in [2.75, 3.05) is 13.7 Å². The molecule has 0 aliphatic carbocycles. The molecule has 0 aliphatic rings. The van der Waals surface area contributed by atoms with Gasteiger partial charge in [0.2, 0.25) is 0 Å². The van der Waals surface area contributed by atoms with Crippen LogP contribution in [0.4, 0.5) is 0 Å². The predicted octanol–water partition coefficient (Wildman–Crippen LogP) is 2.28. The Kier molecular flexibility index (Phi) is 3.65. The van der Waals surface area contributed by atoms with Crippen molar-refractivity contribution in [3.8, 4) is 11.5 Å². The fourth-order valence-corrected chi connectivity index (χ4v) is 1.58. The van der Waals surface area contributed by atoms with Gasteiger partial charge in [0, 0.05) is 6.20 Å². The Labute approximate surface area is 101 Å². The lowest BCUT2D eigenvalue weighted by Crippen LogP contribution is -2.08. The minimum atomic E-state index is 0.571. The fourth-order valence-electron chi connectivity index (χ4n) is 1.58. The molecule has 17 heavy (non-hydrogen) atoms. The van der Waals surface area contributed by atoms with Crippen molar-refractivity contribution in [3.63, 3.8) is 0 Å². The molecule has 0 radical (unpaired) electrons. The van der Waals surface area contributed by atoms with Crippen LogP contribution in [-0.4, -0.2) is 23.5 Å². The smallest absolute Gasteiger partial charge is 0.161 e. The van der Waals surface area contributed by atoms with Gasteiger partial charge in [-0.1, -0.05) is 12.1 Å². The maximum Gasteiger partial charge on any atom is 0.161 e. The lowest BCUT2D eigenvalue weighted by Gasteiger charge is -2.10. The lowest BCUT2D eigenvalue weighted by molar-refractivity contribution is 0.274. The highest BCUT2D eigenvalue weighted by Gasteiger charge is 2.02. The second-order valence-corrected chi connectivity index (χ2v) is 3.78. The van der Waals surface area contributed by atoms with Crippen molar-refractivity contribution in [1.29, 1.82) is 0 Å². The predicted molar refractivity (Wildman–Crippen MR) is 65.5 cm³/mol. The van der Waals surface area contributed by atoms with Crippen molar-refractivity contribution in [2.24, 2.45) is 0 Å². The Morgan fingerprint density at radius 3 is 2.65 bits per heavy atom. The van der Waals surface area contributed by atoms with E-state index in [-0.39, 0.29) is 0 Å². The van der Waals surface area contributed by atoms with Crippen LogP contribution in [0.5, 0.6) is 11.5 Å². The monoisotopic (exact) mass is 232 g/mol. The largest absolute Gasteiger partial charge is 0.493 e. The average Bonchev–Trinajstić information content (AvgIpc) is 2.76. The van der Waals surface area contributed by atoms with Crippen molar-refractivity contribution in [3.05, 3.63) is 42.2 Å². The first-order valence-corrected chi connectivity index (χ1v) is 5.54. The van der Waals surface area contributed by atoms with Crippen molar-refractivity contribution in [1.82, 2.24) is 9.78 Å². The zero-order valence-corrected chi connectivity index (χ0v) is 10.1. The van der Waals surface area contributed by atoms with E-state index < -0.39 is 0 Å². The number of methoxy groups -OCH3 is 1. The third-order valence-electron chi connectivity index (χ3n) is 2.41. The minimum absolute atomic E-state index is 0.571. The molecule has 4 nitrogen and oxygen atoms in total. The first-order chi connectivity index (χ1) is 8.29. The van der Waals surface area contributed by atoms with E-state index in [1.165, 1.54) is 0 Å². The second-order valence-electron chi connectivity index (χ2n) is 3.78. The highest BCUT2D eigenvalue weighted by molar-refractivity contribution is 5.39. The summed E-state index contributed by atoms with van der Waals surface area (Å²) in [5, 5.41) is 4.19. The molecular formula is C13H16N2O2. The summed E-state index contributed by atoms with van der Waals surface area (Å²) in [4.78, 5) is 0. The normalized spacial score (nSPS) is 10.2. The third-order valence-corrected chi connectivity index (χ3v) is 2.41. The molecule has 0 atom stereocenters. The number of nitrogens with zero attached hydrogens (tertiary/aromatic N) is 2. The molecule has 2 rings (SSSR count). The van der Waals surface area contributed by atoms with Crippen LogP contribution >= 0.6 is 0 Å². The lowest BCUT2D eigenvalue weighted by atomic mass is 10.3. The molecule has 0 saturated carbocycles. The van der Waals surface area contributed by atoms with E-state index in [9.17, 15) is 0 Å². The Morgan fingerprint density at radius 2 is 2.00 bits per heavy atom. The van der Waals surface area contributed by atoms with Gasteiger partial charge >= 0.3 is 0 Å². The van der Waals surface area contributed by atoms with Crippen LogP contribution in [0, 0.1) is 6.92 Å². The molecule has 1 aromatic carbocycles. The summed E-state index contributed by atoms with van der Waals surface area (Å²) in [6.07, 6.45) is 3.83. The van der Waals surface area contributed by atoms with Crippen LogP contribution in [0.1, 0.15) is 5.56 Å². The average molecular weight is 232 g/mol. The second kappa shape index (κ2) is 5.39. The van der Waals surface area contributed by atoms with Crippen LogP contribution in [0.15, 0.2) is 36.7 Å². The summed E-state index contributed by atoms with van der Waals surface area (Å²) in [5.74, 6) is 1.52. The quantitative estimate of drug-likeness (QED) is 0.793. The van der Waals surface area contributed by atoms with E-state index >= 15 is 0 Å². The molecule has 4 heteroatoms. The molecule has 0 N–H and O–H groups in total. The Balaban J connectivity index is 1.89. The maximum atomic E-state index is 5.66. The van der Waals surface area contributed by atoms with E-state index in [0.717, 1.165) is 23.6 Å². The summed E-state index contributed by atoms with van der Waals surface area (Å²) in [7, 11) is 1.64. The number of ether oxygens (including phenoxy) is 2. The summed E-state index contributed by atoms with van der Waals surface area (Å²) < 4.78 is 12.7. The van der Waals surface area contributed by atoms with Gasteiger partial charge in [0.1, 0.15) is 6.61 Å². The van der Waals surface area contributed by atoms with Gasteiger partial charge in [0.15, 0.2) is 11.5 Å². The van der Waals surface area contributed by atoms with Crippen LogP contribution in [0.2, 0.25) is 0 Å². The molecular weight excluding hydrogens is 216 g/mol. The number of aryl methyl sites for hydroxylation is 1. The summed E-state index contributed by atoms with van der Waals surface area (Å²) >= 11 is 0. The standard InChI is InChI=1S/C13H16N2O2/c1-11-9-14-15(10-11)7-8-17-13-6-4-3-5-12(13)16-2/h3-6,9-10H,7-8H2,1-2H3. The number of rotatable bonds is 5. The van der Waals surface area contributed by atoms with Gasteiger partial charge in [-0.25, -0.2) is 0 Å². The van der Waals surface area contributed by atoms with Crippen molar-refractivity contribution >= 4 is 0 Å². The number of hydrogen-bond donors (Lipinski definition) is 0. The SMILES string of the molecule is COc1ccccc1OCCn1cc(C)cn1. The Bertz CT molecular complexity index is 480. The van der Waals surface area contributed by atoms with Gasteiger partial charge in [0.05, 0.1) is 19.9 Å². The molecule has 0 bridgehead atoms. The molecule has 2 aromatic rings. The summed E-state index contributed by atoms with van der Waals surface area (Å²) in [5.41, 5.74) is 1.15. The molecule has 90 valence electrons. The van der Waals surface area contributed by atoms with E-state index in [1.807, 2.05) is 48.3 Å². The van der Waals surface area contributed by atoms with E-state index in [1.54, 1.807) is 7.11 Å². The van der Waals surface area contributed by atoms with Gasteiger partial charge in [-0.3, -0.25) is 4.68 Å². The third kappa shape index (κ3) is 3.00. The summed E-state index contributed by atoms with van der Waals surface area (Å²) in [6, 6.07) is 7.62. The number of hydrogen-bond acceptors (Lipinski definition) is 3. The molecule has 0 amide bonds. The molecule has 0 fully saturated rings. The molecule has 1 heterocycles. The first kappa shape index (κ1) is 11.5. The molecule has 0 spiro atoms. The molecule has 0 aliphatic heterocycles. The van der Waals surface area contributed by atoms with Crippen molar-refractivity contribution < 1.29 is 9.47 Å². The highest BCUT2D eigenvalue weighted by Crippen LogP contribution is 2.25. The van der Waals surface area contributed by atoms with Crippen LogP contribution in [-0.2, 0) is 6.54 Å². The van der Waals surface area contributed by atoms with Gasteiger partial charge in [-0.2, -0.15) is 5.10 Å². The van der Waals surface area contributed by atoms with Crippen LogP contribution < -0.4 is 9.47 Å². The number of benzene rings is 1. The Morgan fingerprint density at radius 1 is 1.24 bits per heavy atom. The van der Waals surface area contributed by atoms with Crippen molar-refractivity contribution in [2.45, 2.75) is 13.5 Å². The molecule has 0 saturated heterocycles. The molecule has 1 aromatic heterocycles. The zero-order valence-electron chi connectivity index (χ0n) is 10.1. The van der Waals surface area contributed by atoms with Gasteiger partial charge in [-0.15, -0.1) is 0 Å². The van der Waals surface area contributed by atoms with Gasteiger partial charge in [-0.05, 0) is 24.6 Å². The first-order valence-electron chi connectivity index (χ1n) is 5.54. The maximum absolute atomic E-state index is 5.66. The van der Waals surface area contributed by atoms with E-state index in [4.69, 9.17) is 9.47 Å². The Hall–Kier alpha value is -1.97. The van der Waals surface area contributed by atoms with Gasteiger partial charge < -0.3 is 9.47 Å². The van der Waals surface area contributed by atoms with Gasteiger partial charge in [0.25, 0.3) is 0 Å². The van der Waals surface area contributed by atoms with E-state index in [0.29, 0.717) is 6.61 Å². The number of para-hydroxylation sites is 2. The minimum Gasteiger partial charge on any atom is -0.493 e.